The van der Waals surface area contributed by atoms with Gasteiger partial charge in [0.1, 0.15) is 0 Å². The molecule has 1 fully saturated rings. The molecule has 0 radical (unpaired) electrons. The summed E-state index contributed by atoms with van der Waals surface area (Å²) < 4.78 is 0. The molecule has 2 heterocycles. The van der Waals surface area contributed by atoms with Gasteiger partial charge in [-0.25, -0.2) is 0 Å². The molecule has 1 aromatic rings. The fraction of sp³-hybridized carbons (Fsp3) is 0.615. The molecule has 0 spiro atoms. The standard InChI is InChI=1S/C13H18N2OS/c14-10-7-15(8-10)13(16)12-6-9-4-2-1-3-5-11(9)17-12/h6,10H,1-5,7-8,14H2. The van der Waals surface area contributed by atoms with Crippen LogP contribution in [0.25, 0.3) is 0 Å². The molecule has 1 aliphatic heterocycles. The van der Waals surface area contributed by atoms with E-state index in [9.17, 15) is 4.79 Å². The second kappa shape index (κ2) is 4.42. The van der Waals surface area contributed by atoms with Gasteiger partial charge in [0.05, 0.1) is 4.88 Å². The van der Waals surface area contributed by atoms with E-state index in [1.807, 2.05) is 4.90 Å². The summed E-state index contributed by atoms with van der Waals surface area (Å²) in [7, 11) is 0. The zero-order valence-electron chi connectivity index (χ0n) is 9.95. The van der Waals surface area contributed by atoms with Crippen LogP contribution in [-0.2, 0) is 12.8 Å². The highest BCUT2D eigenvalue weighted by atomic mass is 32.1. The van der Waals surface area contributed by atoms with Gasteiger partial charge >= 0.3 is 0 Å². The molecule has 1 saturated heterocycles. The molecular weight excluding hydrogens is 232 g/mol. The van der Waals surface area contributed by atoms with Crippen LogP contribution in [0.5, 0.6) is 0 Å². The second-order valence-electron chi connectivity index (χ2n) is 5.09. The normalized spacial score (nSPS) is 20.6. The van der Waals surface area contributed by atoms with Crippen molar-refractivity contribution in [1.29, 1.82) is 0 Å². The SMILES string of the molecule is NC1CN(C(=O)c2cc3c(s2)CCCCC3)C1. The highest BCUT2D eigenvalue weighted by molar-refractivity contribution is 7.14. The first-order valence-corrected chi connectivity index (χ1v) is 7.22. The molecule has 0 saturated carbocycles. The van der Waals surface area contributed by atoms with Crippen LogP contribution in [0.2, 0.25) is 0 Å². The number of carbonyl (C=O) groups is 1. The van der Waals surface area contributed by atoms with Crippen molar-refractivity contribution in [1.82, 2.24) is 4.90 Å². The van der Waals surface area contributed by atoms with Crippen LogP contribution < -0.4 is 5.73 Å². The van der Waals surface area contributed by atoms with E-state index in [0.717, 1.165) is 30.8 Å². The maximum absolute atomic E-state index is 12.2. The molecule has 1 amide bonds. The highest BCUT2D eigenvalue weighted by Crippen LogP contribution is 2.30. The maximum Gasteiger partial charge on any atom is 0.264 e. The summed E-state index contributed by atoms with van der Waals surface area (Å²) in [4.78, 5) is 16.4. The topological polar surface area (TPSA) is 46.3 Å². The molecule has 92 valence electrons. The van der Waals surface area contributed by atoms with Crippen LogP contribution in [0.15, 0.2) is 6.07 Å². The molecule has 3 rings (SSSR count). The predicted molar refractivity (Wildman–Crippen MR) is 69.5 cm³/mol. The number of likely N-dealkylation sites (tertiary alicyclic amines) is 1. The molecule has 2 aliphatic rings. The Morgan fingerprint density at radius 2 is 2.06 bits per heavy atom. The Hall–Kier alpha value is -0.870. The number of amides is 1. The number of thiophene rings is 1. The van der Waals surface area contributed by atoms with E-state index in [1.165, 1.54) is 29.7 Å². The fourth-order valence-electron chi connectivity index (χ4n) is 2.61. The minimum absolute atomic E-state index is 0.185. The quantitative estimate of drug-likeness (QED) is 0.773. The van der Waals surface area contributed by atoms with Crippen molar-refractivity contribution in [2.24, 2.45) is 5.73 Å². The third-order valence-corrected chi connectivity index (χ3v) is 4.88. The minimum atomic E-state index is 0.185. The summed E-state index contributed by atoms with van der Waals surface area (Å²) in [6.07, 6.45) is 6.18. The lowest BCUT2D eigenvalue weighted by Gasteiger charge is -2.36. The summed E-state index contributed by atoms with van der Waals surface area (Å²) in [5, 5.41) is 0. The lowest BCUT2D eigenvalue weighted by atomic mass is 10.1. The number of aryl methyl sites for hydroxylation is 2. The first-order valence-electron chi connectivity index (χ1n) is 6.40. The van der Waals surface area contributed by atoms with Gasteiger partial charge in [-0.15, -0.1) is 11.3 Å². The van der Waals surface area contributed by atoms with E-state index in [2.05, 4.69) is 6.07 Å². The molecule has 0 atom stereocenters. The number of carbonyl (C=O) groups excluding carboxylic acids is 1. The van der Waals surface area contributed by atoms with Gasteiger partial charge in [0.15, 0.2) is 0 Å². The second-order valence-corrected chi connectivity index (χ2v) is 6.23. The van der Waals surface area contributed by atoms with Crippen LogP contribution in [0.1, 0.15) is 39.4 Å². The Morgan fingerprint density at radius 3 is 2.82 bits per heavy atom. The van der Waals surface area contributed by atoms with Crippen LogP contribution in [0, 0.1) is 0 Å². The van der Waals surface area contributed by atoms with Gasteiger partial charge < -0.3 is 10.6 Å². The maximum atomic E-state index is 12.2. The Balaban J connectivity index is 1.77. The third kappa shape index (κ3) is 2.11. The number of rotatable bonds is 1. The van der Waals surface area contributed by atoms with Crippen LogP contribution in [-0.4, -0.2) is 29.9 Å². The van der Waals surface area contributed by atoms with Gasteiger partial charge in [0.2, 0.25) is 0 Å². The third-order valence-electron chi connectivity index (χ3n) is 3.65. The summed E-state index contributed by atoms with van der Waals surface area (Å²) in [6.45, 7) is 1.45. The smallest absolute Gasteiger partial charge is 0.264 e. The number of fused-ring (bicyclic) bond motifs is 1. The molecular formula is C13H18N2OS. The zero-order chi connectivity index (χ0) is 11.8. The first kappa shape index (κ1) is 11.2. The van der Waals surface area contributed by atoms with Gasteiger partial charge in [-0.3, -0.25) is 4.79 Å². The van der Waals surface area contributed by atoms with Crippen molar-refractivity contribution in [3.63, 3.8) is 0 Å². The van der Waals surface area contributed by atoms with Gasteiger partial charge in [0, 0.05) is 24.0 Å². The van der Waals surface area contributed by atoms with Crippen molar-refractivity contribution in [3.8, 4) is 0 Å². The van der Waals surface area contributed by atoms with Crippen LogP contribution in [0.4, 0.5) is 0 Å². The zero-order valence-corrected chi connectivity index (χ0v) is 10.8. The number of nitrogens with two attached hydrogens (primary N) is 1. The van der Waals surface area contributed by atoms with Crippen molar-refractivity contribution in [2.45, 2.75) is 38.1 Å². The molecule has 2 N–H and O–H groups in total. The fourth-order valence-corrected chi connectivity index (χ4v) is 3.83. The minimum Gasteiger partial charge on any atom is -0.335 e. The van der Waals surface area contributed by atoms with Crippen molar-refractivity contribution >= 4 is 17.2 Å². The lowest BCUT2D eigenvalue weighted by Crippen LogP contribution is -2.57. The largest absolute Gasteiger partial charge is 0.335 e. The van der Waals surface area contributed by atoms with E-state index >= 15 is 0 Å². The molecule has 3 nitrogen and oxygen atoms in total. The average molecular weight is 250 g/mol. The predicted octanol–water partition coefficient (Wildman–Crippen LogP) is 1.80. The number of hydrogen-bond donors (Lipinski definition) is 1. The van der Waals surface area contributed by atoms with Gasteiger partial charge in [-0.05, 0) is 37.3 Å². The molecule has 1 aromatic heterocycles. The Bertz CT molecular complexity index is 411. The lowest BCUT2D eigenvalue weighted by molar-refractivity contribution is 0.0613. The van der Waals surface area contributed by atoms with E-state index in [-0.39, 0.29) is 11.9 Å². The van der Waals surface area contributed by atoms with Crippen molar-refractivity contribution < 1.29 is 4.79 Å². The molecule has 0 bridgehead atoms. The van der Waals surface area contributed by atoms with Crippen LogP contribution >= 0.6 is 11.3 Å². The summed E-state index contributed by atoms with van der Waals surface area (Å²) in [5.41, 5.74) is 7.13. The first-order chi connectivity index (χ1) is 8.24. The van der Waals surface area contributed by atoms with Gasteiger partial charge in [-0.1, -0.05) is 6.42 Å². The van der Waals surface area contributed by atoms with E-state index < -0.39 is 0 Å². The molecule has 4 heteroatoms. The summed E-state index contributed by atoms with van der Waals surface area (Å²) in [6, 6.07) is 2.31. The monoisotopic (exact) mass is 250 g/mol. The van der Waals surface area contributed by atoms with E-state index in [1.54, 1.807) is 11.3 Å². The average Bonchev–Trinajstić information content (AvgIpc) is 2.56. The van der Waals surface area contributed by atoms with Crippen molar-refractivity contribution in [2.75, 3.05) is 13.1 Å². The highest BCUT2D eigenvalue weighted by Gasteiger charge is 2.29. The Kier molecular flexibility index (Phi) is 2.92. The number of hydrogen-bond acceptors (Lipinski definition) is 3. The summed E-state index contributed by atoms with van der Waals surface area (Å²) >= 11 is 1.70. The molecule has 0 aromatic carbocycles. The Morgan fingerprint density at radius 1 is 1.29 bits per heavy atom. The number of nitrogens with zero attached hydrogens (tertiary/aromatic N) is 1. The molecule has 0 unspecified atom stereocenters. The van der Waals surface area contributed by atoms with Crippen LogP contribution in [0.3, 0.4) is 0 Å². The molecule has 17 heavy (non-hydrogen) atoms. The van der Waals surface area contributed by atoms with E-state index in [0.29, 0.717) is 0 Å². The Labute approximate surface area is 106 Å². The van der Waals surface area contributed by atoms with Crippen molar-refractivity contribution in [3.05, 3.63) is 21.4 Å². The van der Waals surface area contributed by atoms with Gasteiger partial charge in [0.25, 0.3) is 5.91 Å². The summed E-state index contributed by atoms with van der Waals surface area (Å²) in [5.74, 6) is 0.185. The van der Waals surface area contributed by atoms with Gasteiger partial charge in [-0.2, -0.15) is 0 Å². The molecule has 1 aliphatic carbocycles. The van der Waals surface area contributed by atoms with E-state index in [4.69, 9.17) is 5.73 Å².